The molecule has 0 bridgehead atoms. The van der Waals surface area contributed by atoms with E-state index in [-0.39, 0.29) is 17.7 Å². The molecule has 0 unspecified atom stereocenters. The molecule has 0 saturated heterocycles. The Morgan fingerprint density at radius 2 is 1.83 bits per heavy atom. The van der Waals surface area contributed by atoms with Crippen molar-refractivity contribution in [1.29, 1.82) is 0 Å². The molecule has 1 aromatic heterocycles. The maximum atomic E-state index is 12.2. The number of carbonyl (C=O) groups is 1. The van der Waals surface area contributed by atoms with Crippen LogP contribution < -0.4 is 9.47 Å². The Bertz CT molecular complexity index is 555. The molecule has 92 valence electrons. The summed E-state index contributed by atoms with van der Waals surface area (Å²) in [6.45, 7) is 0. The highest BCUT2D eigenvalue weighted by Crippen LogP contribution is 2.20. The van der Waals surface area contributed by atoms with Crippen LogP contribution in [0.25, 0.3) is 0 Å². The second-order valence-electron chi connectivity index (χ2n) is 3.47. The molecule has 1 aromatic carbocycles. The van der Waals surface area contributed by atoms with Crippen LogP contribution in [-0.2, 0) is 0 Å². The minimum Gasteiger partial charge on any atom is -0.480 e. The molecule has 0 aliphatic heterocycles. The molecule has 0 saturated carbocycles. The first kappa shape index (κ1) is 12.0. The molecule has 1 heterocycles. The summed E-state index contributed by atoms with van der Waals surface area (Å²) >= 11 is 0. The molecule has 0 spiro atoms. The Kier molecular flexibility index (Phi) is 3.52. The number of methoxy groups -OCH3 is 2. The second-order valence-corrected chi connectivity index (χ2v) is 3.47. The fourth-order valence-corrected chi connectivity index (χ4v) is 1.51. The summed E-state index contributed by atoms with van der Waals surface area (Å²) in [5.41, 5.74) is 0.870. The molecule has 0 aliphatic carbocycles. The van der Waals surface area contributed by atoms with Crippen LogP contribution in [0.2, 0.25) is 0 Å². The zero-order valence-electron chi connectivity index (χ0n) is 10.1. The van der Waals surface area contributed by atoms with E-state index in [9.17, 15) is 4.79 Å². The van der Waals surface area contributed by atoms with Crippen molar-refractivity contribution in [2.24, 2.45) is 0 Å². The molecule has 2 rings (SSSR count). The van der Waals surface area contributed by atoms with E-state index in [0.29, 0.717) is 11.1 Å². The lowest BCUT2D eigenvalue weighted by atomic mass is 10.1. The van der Waals surface area contributed by atoms with Crippen molar-refractivity contribution in [2.75, 3.05) is 14.2 Å². The first-order valence-electron chi connectivity index (χ1n) is 5.31. The molecular formula is C13H12N2O3. The van der Waals surface area contributed by atoms with Crippen LogP contribution in [0.15, 0.2) is 36.5 Å². The van der Waals surface area contributed by atoms with Gasteiger partial charge in [-0.25, -0.2) is 4.98 Å². The summed E-state index contributed by atoms with van der Waals surface area (Å²) < 4.78 is 9.96. The Morgan fingerprint density at radius 1 is 1.11 bits per heavy atom. The van der Waals surface area contributed by atoms with E-state index in [2.05, 4.69) is 9.97 Å². The lowest BCUT2D eigenvalue weighted by Crippen LogP contribution is -2.07. The van der Waals surface area contributed by atoms with E-state index in [1.54, 1.807) is 24.3 Å². The van der Waals surface area contributed by atoms with Gasteiger partial charge in [0.2, 0.25) is 5.88 Å². The summed E-state index contributed by atoms with van der Waals surface area (Å²) in [6, 6.07) is 9.06. The number of ether oxygens (including phenoxy) is 2. The molecular weight excluding hydrogens is 232 g/mol. The first-order valence-corrected chi connectivity index (χ1v) is 5.31. The fraction of sp³-hybridized carbons (Fsp3) is 0.154. The van der Waals surface area contributed by atoms with Gasteiger partial charge < -0.3 is 9.47 Å². The van der Waals surface area contributed by atoms with Gasteiger partial charge in [0.25, 0.3) is 0 Å². The zero-order valence-corrected chi connectivity index (χ0v) is 10.1. The van der Waals surface area contributed by atoms with Gasteiger partial charge in [0.05, 0.1) is 14.2 Å². The monoisotopic (exact) mass is 244 g/mol. The van der Waals surface area contributed by atoms with E-state index in [1.165, 1.54) is 20.4 Å². The summed E-state index contributed by atoms with van der Waals surface area (Å²) in [5, 5.41) is 0. The lowest BCUT2D eigenvalue weighted by molar-refractivity contribution is 0.103. The van der Waals surface area contributed by atoms with Gasteiger partial charge in [-0.05, 0) is 0 Å². The highest BCUT2D eigenvalue weighted by molar-refractivity contribution is 6.10. The van der Waals surface area contributed by atoms with Crippen LogP contribution in [0.4, 0.5) is 0 Å². The van der Waals surface area contributed by atoms with Gasteiger partial charge in [-0.2, -0.15) is 4.98 Å². The molecule has 0 atom stereocenters. The van der Waals surface area contributed by atoms with E-state index in [0.717, 1.165) is 0 Å². The first-order chi connectivity index (χ1) is 8.76. The topological polar surface area (TPSA) is 61.3 Å². The Morgan fingerprint density at radius 3 is 2.44 bits per heavy atom. The molecule has 0 aliphatic rings. The van der Waals surface area contributed by atoms with Crippen molar-refractivity contribution >= 4 is 5.78 Å². The van der Waals surface area contributed by atoms with Crippen LogP contribution >= 0.6 is 0 Å². The maximum Gasteiger partial charge on any atom is 0.319 e. The van der Waals surface area contributed by atoms with E-state index >= 15 is 0 Å². The second kappa shape index (κ2) is 5.27. The summed E-state index contributed by atoms with van der Waals surface area (Å²) in [6.07, 6.45) is 1.40. The number of hydrogen-bond acceptors (Lipinski definition) is 5. The summed E-state index contributed by atoms with van der Waals surface area (Å²) in [4.78, 5) is 20.1. The average molecular weight is 244 g/mol. The quantitative estimate of drug-likeness (QED) is 0.766. The fourth-order valence-electron chi connectivity index (χ4n) is 1.51. The highest BCUT2D eigenvalue weighted by atomic mass is 16.5. The highest BCUT2D eigenvalue weighted by Gasteiger charge is 2.17. The van der Waals surface area contributed by atoms with Crippen molar-refractivity contribution < 1.29 is 14.3 Å². The van der Waals surface area contributed by atoms with Crippen molar-refractivity contribution in [3.8, 4) is 11.9 Å². The third-order valence-corrected chi connectivity index (χ3v) is 2.39. The SMILES string of the molecule is COc1ncc(C(=O)c2ccccc2)c(OC)n1. The Hall–Kier alpha value is -2.43. The van der Waals surface area contributed by atoms with Crippen LogP contribution in [-0.4, -0.2) is 30.0 Å². The van der Waals surface area contributed by atoms with Crippen LogP contribution in [0, 0.1) is 0 Å². The number of rotatable bonds is 4. The van der Waals surface area contributed by atoms with Gasteiger partial charge in [0.15, 0.2) is 5.78 Å². The van der Waals surface area contributed by atoms with Gasteiger partial charge in [0, 0.05) is 11.8 Å². The Balaban J connectivity index is 2.42. The minimum atomic E-state index is -0.185. The van der Waals surface area contributed by atoms with Gasteiger partial charge in [-0.15, -0.1) is 0 Å². The summed E-state index contributed by atoms with van der Waals surface area (Å²) in [5.74, 6) is 0.0193. The van der Waals surface area contributed by atoms with Gasteiger partial charge in [0.1, 0.15) is 5.56 Å². The Labute approximate surface area is 104 Å². The van der Waals surface area contributed by atoms with Crippen molar-refractivity contribution in [2.45, 2.75) is 0 Å². The lowest BCUT2D eigenvalue weighted by Gasteiger charge is -2.07. The van der Waals surface area contributed by atoms with E-state index in [1.807, 2.05) is 6.07 Å². The smallest absolute Gasteiger partial charge is 0.319 e. The number of carbonyl (C=O) groups excluding carboxylic acids is 1. The molecule has 2 aromatic rings. The molecule has 0 N–H and O–H groups in total. The van der Waals surface area contributed by atoms with Crippen molar-refractivity contribution in [1.82, 2.24) is 9.97 Å². The van der Waals surface area contributed by atoms with Crippen molar-refractivity contribution in [3.05, 3.63) is 47.7 Å². The average Bonchev–Trinajstić information content (AvgIpc) is 2.46. The standard InChI is InChI=1S/C13H12N2O3/c1-17-12-10(8-14-13(15-12)18-2)11(16)9-6-4-3-5-7-9/h3-8H,1-2H3. The molecule has 0 radical (unpaired) electrons. The maximum absolute atomic E-state index is 12.2. The van der Waals surface area contributed by atoms with E-state index in [4.69, 9.17) is 9.47 Å². The summed E-state index contributed by atoms with van der Waals surface area (Å²) in [7, 11) is 2.90. The number of nitrogens with zero attached hydrogens (tertiary/aromatic N) is 2. The van der Waals surface area contributed by atoms with Crippen LogP contribution in [0.3, 0.4) is 0 Å². The number of aromatic nitrogens is 2. The normalized spacial score (nSPS) is 9.89. The predicted octanol–water partition coefficient (Wildman–Crippen LogP) is 1.72. The molecule has 5 nitrogen and oxygen atoms in total. The zero-order chi connectivity index (χ0) is 13.0. The van der Waals surface area contributed by atoms with Crippen LogP contribution in [0.5, 0.6) is 11.9 Å². The van der Waals surface area contributed by atoms with Crippen molar-refractivity contribution in [3.63, 3.8) is 0 Å². The van der Waals surface area contributed by atoms with E-state index < -0.39 is 0 Å². The largest absolute Gasteiger partial charge is 0.480 e. The number of hydrogen-bond donors (Lipinski definition) is 0. The van der Waals surface area contributed by atoms with Gasteiger partial charge >= 0.3 is 6.01 Å². The minimum absolute atomic E-state index is 0.163. The molecule has 0 fully saturated rings. The predicted molar refractivity (Wildman–Crippen MR) is 65.0 cm³/mol. The molecule has 5 heteroatoms. The molecule has 0 amide bonds. The third-order valence-electron chi connectivity index (χ3n) is 2.39. The van der Waals surface area contributed by atoms with Gasteiger partial charge in [-0.3, -0.25) is 4.79 Å². The molecule has 18 heavy (non-hydrogen) atoms. The number of ketones is 1. The van der Waals surface area contributed by atoms with Crippen LogP contribution in [0.1, 0.15) is 15.9 Å². The third kappa shape index (κ3) is 2.29. The van der Waals surface area contributed by atoms with Gasteiger partial charge in [-0.1, -0.05) is 30.3 Å². The number of benzene rings is 1.